The predicted molar refractivity (Wildman–Crippen MR) is 79.6 cm³/mol. The van der Waals surface area contributed by atoms with Crippen LogP contribution in [0, 0.1) is 19.3 Å². The first-order valence-corrected chi connectivity index (χ1v) is 7.17. The number of aryl methyl sites for hydroxylation is 3. The van der Waals surface area contributed by atoms with Gasteiger partial charge in [0.05, 0.1) is 22.1 Å². The lowest BCUT2D eigenvalue weighted by atomic mass is 10.1. The number of nitrogens with one attached hydrogen (secondary N) is 1. The number of hydrogen-bond acceptors (Lipinski definition) is 4. The highest BCUT2D eigenvalue weighted by Crippen LogP contribution is 2.45. The van der Waals surface area contributed by atoms with Gasteiger partial charge in [-0.05, 0) is 32.8 Å². The van der Waals surface area contributed by atoms with E-state index < -0.39 is 11.4 Å². The monoisotopic (exact) mass is 302 g/mol. The molecule has 0 bridgehead atoms. The third-order valence-electron chi connectivity index (χ3n) is 4.24. The van der Waals surface area contributed by atoms with Gasteiger partial charge < -0.3 is 10.4 Å². The highest BCUT2D eigenvalue weighted by Gasteiger charge is 2.50. The number of aliphatic carboxylic acids is 1. The standard InChI is InChI=1S/C15H18N4O3/c1-8-6-10(11-9(2)18-19(3)12(11)17-8)13(20)16-7-15(4-5-15)14(21)22/h6H,4-5,7H2,1-3H3,(H,16,20)(H,21,22). The molecule has 1 fully saturated rings. The number of pyridine rings is 1. The summed E-state index contributed by atoms with van der Waals surface area (Å²) in [6, 6.07) is 1.71. The van der Waals surface area contributed by atoms with Crippen molar-refractivity contribution < 1.29 is 14.7 Å². The van der Waals surface area contributed by atoms with E-state index in [9.17, 15) is 14.7 Å². The Hall–Kier alpha value is -2.44. The maximum atomic E-state index is 12.5. The Bertz CT molecular complexity index is 790. The molecule has 1 amide bonds. The van der Waals surface area contributed by atoms with E-state index in [2.05, 4.69) is 15.4 Å². The molecule has 22 heavy (non-hydrogen) atoms. The van der Waals surface area contributed by atoms with Gasteiger partial charge in [0.1, 0.15) is 0 Å². The fraction of sp³-hybridized carbons (Fsp3) is 0.467. The molecule has 2 aromatic rings. The summed E-state index contributed by atoms with van der Waals surface area (Å²) in [4.78, 5) is 28.1. The highest BCUT2D eigenvalue weighted by molar-refractivity contribution is 6.06. The van der Waals surface area contributed by atoms with Crippen LogP contribution in [-0.4, -0.2) is 38.3 Å². The molecule has 2 N–H and O–H groups in total. The van der Waals surface area contributed by atoms with E-state index in [1.807, 2.05) is 13.8 Å². The maximum absolute atomic E-state index is 12.5. The molecule has 7 nitrogen and oxygen atoms in total. The third-order valence-corrected chi connectivity index (χ3v) is 4.24. The normalized spacial score (nSPS) is 15.8. The van der Waals surface area contributed by atoms with Crippen LogP contribution in [0.3, 0.4) is 0 Å². The van der Waals surface area contributed by atoms with Gasteiger partial charge in [-0.2, -0.15) is 5.10 Å². The molecule has 2 aromatic heterocycles. The first-order valence-electron chi connectivity index (χ1n) is 7.17. The Balaban J connectivity index is 1.92. The summed E-state index contributed by atoms with van der Waals surface area (Å²) in [5, 5.41) is 16.9. The smallest absolute Gasteiger partial charge is 0.311 e. The number of nitrogens with zero attached hydrogens (tertiary/aromatic N) is 3. The first-order chi connectivity index (χ1) is 10.3. The van der Waals surface area contributed by atoms with Gasteiger partial charge in [0.25, 0.3) is 5.91 Å². The minimum absolute atomic E-state index is 0.156. The van der Waals surface area contributed by atoms with Gasteiger partial charge in [0, 0.05) is 19.3 Å². The number of carbonyl (C=O) groups is 2. The molecule has 0 unspecified atom stereocenters. The average Bonchev–Trinajstić information content (AvgIpc) is 3.19. The molecule has 3 rings (SSSR count). The summed E-state index contributed by atoms with van der Waals surface area (Å²) in [6.45, 7) is 3.80. The molecular formula is C15H18N4O3. The lowest BCUT2D eigenvalue weighted by molar-refractivity contribution is -0.143. The molecule has 1 aliphatic rings. The molecular weight excluding hydrogens is 284 g/mol. The number of carboxylic acids is 1. The van der Waals surface area contributed by atoms with Crippen molar-refractivity contribution >= 4 is 22.9 Å². The zero-order chi connectivity index (χ0) is 16.1. The topological polar surface area (TPSA) is 97.1 Å². The van der Waals surface area contributed by atoms with E-state index in [1.54, 1.807) is 17.8 Å². The largest absolute Gasteiger partial charge is 0.481 e. The molecule has 1 aliphatic carbocycles. The summed E-state index contributed by atoms with van der Waals surface area (Å²) in [7, 11) is 1.78. The van der Waals surface area contributed by atoms with Crippen LogP contribution in [-0.2, 0) is 11.8 Å². The van der Waals surface area contributed by atoms with E-state index in [-0.39, 0.29) is 12.5 Å². The number of amides is 1. The first kappa shape index (κ1) is 14.5. The van der Waals surface area contributed by atoms with Crippen molar-refractivity contribution in [2.24, 2.45) is 12.5 Å². The SMILES string of the molecule is Cc1cc(C(=O)NCC2(C(=O)O)CC2)c2c(C)nn(C)c2n1. The summed E-state index contributed by atoms with van der Waals surface area (Å²) in [5.74, 6) is -1.12. The number of carbonyl (C=O) groups excluding carboxylic acids is 1. The van der Waals surface area contributed by atoms with Crippen molar-refractivity contribution in [2.45, 2.75) is 26.7 Å². The van der Waals surface area contributed by atoms with Crippen LogP contribution < -0.4 is 5.32 Å². The van der Waals surface area contributed by atoms with Crippen LogP contribution in [0.5, 0.6) is 0 Å². The minimum Gasteiger partial charge on any atom is -0.481 e. The Morgan fingerprint density at radius 1 is 1.41 bits per heavy atom. The van der Waals surface area contributed by atoms with Gasteiger partial charge in [0.2, 0.25) is 0 Å². The maximum Gasteiger partial charge on any atom is 0.311 e. The number of rotatable bonds is 4. The average molecular weight is 302 g/mol. The van der Waals surface area contributed by atoms with Crippen LogP contribution in [0.15, 0.2) is 6.07 Å². The van der Waals surface area contributed by atoms with Crippen LogP contribution in [0.25, 0.3) is 11.0 Å². The van der Waals surface area contributed by atoms with Gasteiger partial charge in [-0.25, -0.2) is 4.98 Å². The fourth-order valence-corrected chi connectivity index (χ4v) is 2.71. The predicted octanol–water partition coefficient (Wildman–Crippen LogP) is 1.18. The fourth-order valence-electron chi connectivity index (χ4n) is 2.71. The summed E-state index contributed by atoms with van der Waals surface area (Å²) in [6.07, 6.45) is 1.22. The van der Waals surface area contributed by atoms with Crippen LogP contribution >= 0.6 is 0 Å². The van der Waals surface area contributed by atoms with Crippen molar-refractivity contribution in [3.05, 3.63) is 23.0 Å². The third kappa shape index (κ3) is 2.22. The number of fused-ring (bicyclic) bond motifs is 1. The zero-order valence-electron chi connectivity index (χ0n) is 12.8. The molecule has 0 radical (unpaired) electrons. The number of carboxylic acid groups (broad SMARTS) is 1. The van der Waals surface area contributed by atoms with Crippen molar-refractivity contribution in [1.82, 2.24) is 20.1 Å². The van der Waals surface area contributed by atoms with E-state index in [1.165, 1.54) is 0 Å². The summed E-state index contributed by atoms with van der Waals surface area (Å²) in [5.41, 5.74) is 1.83. The second-order valence-electron chi connectivity index (χ2n) is 5.99. The molecule has 116 valence electrons. The van der Waals surface area contributed by atoms with E-state index >= 15 is 0 Å². The van der Waals surface area contributed by atoms with E-state index in [0.717, 1.165) is 11.4 Å². The van der Waals surface area contributed by atoms with Crippen molar-refractivity contribution in [2.75, 3.05) is 6.54 Å². The molecule has 2 heterocycles. The van der Waals surface area contributed by atoms with Crippen molar-refractivity contribution in [3.8, 4) is 0 Å². The van der Waals surface area contributed by atoms with Crippen LogP contribution in [0.1, 0.15) is 34.6 Å². The van der Waals surface area contributed by atoms with Crippen LogP contribution in [0.2, 0.25) is 0 Å². The summed E-state index contributed by atoms with van der Waals surface area (Å²) < 4.78 is 1.65. The quantitative estimate of drug-likeness (QED) is 0.884. The molecule has 0 spiro atoms. The minimum atomic E-state index is -0.846. The zero-order valence-corrected chi connectivity index (χ0v) is 12.8. The Morgan fingerprint density at radius 2 is 2.09 bits per heavy atom. The van der Waals surface area contributed by atoms with Gasteiger partial charge >= 0.3 is 5.97 Å². The summed E-state index contributed by atoms with van der Waals surface area (Å²) >= 11 is 0. The number of hydrogen-bond donors (Lipinski definition) is 2. The second-order valence-corrected chi connectivity index (χ2v) is 5.99. The Morgan fingerprint density at radius 3 is 2.68 bits per heavy atom. The Labute approximate surface area is 127 Å². The van der Waals surface area contributed by atoms with E-state index in [0.29, 0.717) is 29.4 Å². The lowest BCUT2D eigenvalue weighted by Gasteiger charge is -2.12. The van der Waals surface area contributed by atoms with Gasteiger partial charge in [-0.15, -0.1) is 0 Å². The van der Waals surface area contributed by atoms with Gasteiger partial charge in [-0.1, -0.05) is 0 Å². The molecule has 7 heteroatoms. The van der Waals surface area contributed by atoms with Gasteiger partial charge in [0.15, 0.2) is 5.65 Å². The molecule has 0 atom stereocenters. The van der Waals surface area contributed by atoms with E-state index in [4.69, 9.17) is 0 Å². The Kier molecular flexibility index (Phi) is 3.16. The van der Waals surface area contributed by atoms with Crippen molar-refractivity contribution in [1.29, 1.82) is 0 Å². The van der Waals surface area contributed by atoms with Crippen LogP contribution in [0.4, 0.5) is 0 Å². The highest BCUT2D eigenvalue weighted by atomic mass is 16.4. The molecule has 0 aliphatic heterocycles. The lowest BCUT2D eigenvalue weighted by Crippen LogP contribution is -2.34. The molecule has 0 saturated heterocycles. The molecule has 0 aromatic carbocycles. The van der Waals surface area contributed by atoms with Gasteiger partial charge in [-0.3, -0.25) is 14.3 Å². The second kappa shape index (κ2) is 4.79. The molecule has 1 saturated carbocycles. The number of aromatic nitrogens is 3. The van der Waals surface area contributed by atoms with Crippen molar-refractivity contribution in [3.63, 3.8) is 0 Å².